The fraction of sp³-hybridized carbons (Fsp3) is 0.400. The normalized spacial score (nSPS) is 13.5. The molecule has 0 amide bonds. The summed E-state index contributed by atoms with van der Waals surface area (Å²) in [5.74, 6) is 0.123. The second-order valence-electron chi connectivity index (χ2n) is 7.39. The van der Waals surface area contributed by atoms with Crippen LogP contribution in [-0.4, -0.2) is 37.1 Å². The first-order chi connectivity index (χ1) is 13.6. The Bertz CT molecular complexity index is 939. The third-order valence-corrected chi connectivity index (χ3v) is 5.93. The van der Waals surface area contributed by atoms with Gasteiger partial charge in [0, 0.05) is 18.2 Å². The largest absolute Gasteiger partial charge is 0.390 e. The van der Waals surface area contributed by atoms with E-state index < -0.39 is 37.7 Å². The molecular formula is C20H28ClN3O5S. The first-order valence-corrected chi connectivity index (χ1v) is 10.8. The molecule has 2 unspecified atom stereocenters. The molecule has 0 radical (unpaired) electrons. The highest BCUT2D eigenvalue weighted by atomic mass is 35.5. The monoisotopic (exact) mass is 457 g/mol. The minimum atomic E-state index is -4.20. The van der Waals surface area contributed by atoms with Crippen LogP contribution < -0.4 is 10.5 Å². The topological polar surface area (TPSA) is 136 Å². The van der Waals surface area contributed by atoms with E-state index in [2.05, 4.69) is 4.72 Å². The maximum absolute atomic E-state index is 12.7. The molecule has 0 aliphatic rings. The minimum Gasteiger partial charge on any atom is -0.390 e. The Labute approximate surface area is 183 Å². The van der Waals surface area contributed by atoms with E-state index in [1.54, 1.807) is 6.07 Å². The third-order valence-electron chi connectivity index (χ3n) is 4.47. The Morgan fingerprint density at radius 2 is 1.73 bits per heavy atom. The van der Waals surface area contributed by atoms with Crippen LogP contribution in [0.15, 0.2) is 53.4 Å². The summed E-state index contributed by atoms with van der Waals surface area (Å²) < 4.78 is 27.7. The molecule has 2 atom stereocenters. The number of nitrogens with two attached hydrogens (primary N) is 1. The molecule has 8 nitrogen and oxygen atoms in total. The van der Waals surface area contributed by atoms with Gasteiger partial charge in [0.25, 0.3) is 5.69 Å². The van der Waals surface area contributed by atoms with Crippen molar-refractivity contribution in [1.82, 2.24) is 4.72 Å². The fourth-order valence-corrected chi connectivity index (χ4v) is 4.31. The van der Waals surface area contributed by atoms with Gasteiger partial charge in [-0.05, 0) is 30.4 Å². The molecule has 0 spiro atoms. The molecule has 0 aliphatic carbocycles. The van der Waals surface area contributed by atoms with Crippen LogP contribution in [0.4, 0.5) is 5.69 Å². The lowest BCUT2D eigenvalue weighted by Gasteiger charge is -2.19. The summed E-state index contributed by atoms with van der Waals surface area (Å²) in [6.07, 6.45) is -0.402. The lowest BCUT2D eigenvalue weighted by atomic mass is 10.0. The summed E-state index contributed by atoms with van der Waals surface area (Å²) in [7, 11) is -4.20. The highest BCUT2D eigenvalue weighted by Gasteiger charge is 2.30. The molecule has 4 N–H and O–H groups in total. The summed E-state index contributed by atoms with van der Waals surface area (Å²) in [6, 6.07) is 12.8. The van der Waals surface area contributed by atoms with Gasteiger partial charge in [-0.1, -0.05) is 56.3 Å². The van der Waals surface area contributed by atoms with Crippen LogP contribution >= 0.6 is 12.4 Å². The van der Waals surface area contributed by atoms with Gasteiger partial charge in [0.15, 0.2) is 4.90 Å². The van der Waals surface area contributed by atoms with Gasteiger partial charge in [0.05, 0.1) is 11.0 Å². The molecule has 10 heteroatoms. The predicted octanol–water partition coefficient (Wildman–Crippen LogP) is 2.42. The summed E-state index contributed by atoms with van der Waals surface area (Å²) in [4.78, 5) is 10.5. The zero-order valence-electron chi connectivity index (χ0n) is 16.9. The van der Waals surface area contributed by atoms with E-state index in [0.717, 1.165) is 5.56 Å². The van der Waals surface area contributed by atoms with Gasteiger partial charge >= 0.3 is 0 Å². The number of hydrogen-bond acceptors (Lipinski definition) is 6. The molecule has 2 aromatic rings. The SMILES string of the molecule is CC(C)Cc1cccc(S(=O)(=O)NCC(O)C(N)Cc2ccccc2)c1[N+](=O)[O-].Cl. The molecule has 0 aromatic heterocycles. The number of halogens is 1. The number of rotatable bonds is 10. The van der Waals surface area contributed by atoms with Crippen LogP contribution in [0.2, 0.25) is 0 Å². The minimum absolute atomic E-state index is 0. The van der Waals surface area contributed by atoms with Crippen LogP contribution in [0.5, 0.6) is 0 Å². The lowest BCUT2D eigenvalue weighted by molar-refractivity contribution is -0.388. The Hall–Kier alpha value is -2.04. The smallest absolute Gasteiger partial charge is 0.292 e. The Morgan fingerprint density at radius 1 is 1.10 bits per heavy atom. The summed E-state index contributed by atoms with van der Waals surface area (Å²) in [5.41, 5.74) is 6.82. The number of aliphatic hydroxyl groups is 1. The van der Waals surface area contributed by atoms with Crippen molar-refractivity contribution in [2.75, 3.05) is 6.54 Å². The molecule has 0 fully saturated rings. The van der Waals surface area contributed by atoms with Crippen molar-refractivity contribution < 1.29 is 18.4 Å². The van der Waals surface area contributed by atoms with Gasteiger partial charge in [-0.2, -0.15) is 0 Å². The van der Waals surface area contributed by atoms with Crippen molar-refractivity contribution in [2.45, 2.75) is 43.7 Å². The average molecular weight is 458 g/mol. The fourth-order valence-electron chi connectivity index (χ4n) is 3.04. The predicted molar refractivity (Wildman–Crippen MR) is 118 cm³/mol. The van der Waals surface area contributed by atoms with Crippen molar-refractivity contribution in [3.63, 3.8) is 0 Å². The van der Waals surface area contributed by atoms with Gasteiger partial charge in [0.1, 0.15) is 0 Å². The van der Waals surface area contributed by atoms with Gasteiger partial charge in [-0.15, -0.1) is 12.4 Å². The molecular weight excluding hydrogens is 430 g/mol. The van der Waals surface area contributed by atoms with Crippen molar-refractivity contribution >= 4 is 28.1 Å². The summed E-state index contributed by atoms with van der Waals surface area (Å²) >= 11 is 0. The molecule has 0 aliphatic heterocycles. The van der Waals surface area contributed by atoms with Gasteiger partial charge < -0.3 is 10.8 Å². The maximum Gasteiger partial charge on any atom is 0.292 e. The van der Waals surface area contributed by atoms with E-state index in [1.807, 2.05) is 44.2 Å². The van der Waals surface area contributed by atoms with Gasteiger partial charge in [-0.25, -0.2) is 13.1 Å². The van der Waals surface area contributed by atoms with Crippen molar-refractivity contribution in [3.8, 4) is 0 Å². The van der Waals surface area contributed by atoms with Crippen LogP contribution in [-0.2, 0) is 22.9 Å². The van der Waals surface area contributed by atoms with Gasteiger partial charge in [0.2, 0.25) is 10.0 Å². The number of nitrogens with one attached hydrogen (secondary N) is 1. The van der Waals surface area contributed by atoms with Crippen LogP contribution in [0, 0.1) is 16.0 Å². The van der Waals surface area contributed by atoms with Crippen LogP contribution in [0.1, 0.15) is 25.0 Å². The number of nitro benzene ring substituents is 1. The molecule has 30 heavy (non-hydrogen) atoms. The average Bonchev–Trinajstić information content (AvgIpc) is 2.66. The quantitative estimate of drug-likeness (QED) is 0.370. The number of benzene rings is 2. The second kappa shape index (κ2) is 11.4. The van der Waals surface area contributed by atoms with E-state index in [9.17, 15) is 23.6 Å². The molecule has 0 saturated heterocycles. The standard InChI is InChI=1S/C20H27N3O5S.ClH/c1-14(2)11-16-9-6-10-19(20(16)23(25)26)29(27,28)22-13-18(24)17(21)12-15-7-4-3-5-8-15;/h3-10,14,17-18,22,24H,11-13,21H2,1-2H3;1H. The van der Waals surface area contributed by atoms with Crippen molar-refractivity contribution in [3.05, 3.63) is 69.8 Å². The molecule has 0 saturated carbocycles. The molecule has 166 valence electrons. The Kier molecular flexibility index (Phi) is 9.86. The molecule has 0 bridgehead atoms. The first-order valence-electron chi connectivity index (χ1n) is 9.35. The molecule has 2 rings (SSSR count). The van der Waals surface area contributed by atoms with E-state index in [-0.39, 0.29) is 24.9 Å². The van der Waals surface area contributed by atoms with E-state index in [1.165, 1.54) is 12.1 Å². The van der Waals surface area contributed by atoms with Crippen LogP contribution in [0.3, 0.4) is 0 Å². The number of nitro groups is 1. The number of hydrogen-bond donors (Lipinski definition) is 3. The van der Waals surface area contributed by atoms with E-state index >= 15 is 0 Å². The number of nitrogens with zero attached hydrogens (tertiary/aromatic N) is 1. The number of para-hydroxylation sites is 1. The lowest BCUT2D eigenvalue weighted by Crippen LogP contribution is -2.44. The second-order valence-corrected chi connectivity index (χ2v) is 9.13. The van der Waals surface area contributed by atoms with Crippen molar-refractivity contribution in [2.24, 2.45) is 11.7 Å². The molecule has 0 heterocycles. The first kappa shape index (κ1) is 26.0. The zero-order valence-corrected chi connectivity index (χ0v) is 18.5. The summed E-state index contributed by atoms with van der Waals surface area (Å²) in [6.45, 7) is 3.45. The van der Waals surface area contributed by atoms with Crippen molar-refractivity contribution in [1.29, 1.82) is 0 Å². The Morgan fingerprint density at radius 3 is 2.30 bits per heavy atom. The zero-order chi connectivity index (χ0) is 21.6. The number of sulfonamides is 1. The highest BCUT2D eigenvalue weighted by molar-refractivity contribution is 7.89. The molecule has 2 aromatic carbocycles. The third kappa shape index (κ3) is 7.03. The summed E-state index contributed by atoms with van der Waals surface area (Å²) in [5, 5.41) is 21.8. The van der Waals surface area contributed by atoms with Gasteiger partial charge in [-0.3, -0.25) is 10.1 Å². The number of aliphatic hydroxyl groups excluding tert-OH is 1. The van der Waals surface area contributed by atoms with E-state index in [0.29, 0.717) is 18.4 Å². The van der Waals surface area contributed by atoms with E-state index in [4.69, 9.17) is 5.73 Å². The maximum atomic E-state index is 12.7. The highest BCUT2D eigenvalue weighted by Crippen LogP contribution is 2.29. The van der Waals surface area contributed by atoms with Crippen LogP contribution in [0.25, 0.3) is 0 Å². The Balaban J connectivity index is 0.00000450.